The highest BCUT2D eigenvalue weighted by Gasteiger charge is 2.35. The molecule has 1 saturated heterocycles. The van der Waals surface area contributed by atoms with Gasteiger partial charge in [-0.1, -0.05) is 17.7 Å². The van der Waals surface area contributed by atoms with Gasteiger partial charge in [-0.05, 0) is 31.9 Å². The highest BCUT2D eigenvalue weighted by Crippen LogP contribution is 2.22. The molecule has 1 amide bonds. The van der Waals surface area contributed by atoms with E-state index in [1.807, 2.05) is 0 Å². The van der Waals surface area contributed by atoms with Crippen molar-refractivity contribution in [1.29, 1.82) is 0 Å². The molecule has 1 aromatic rings. The monoisotopic (exact) mass is 305 g/mol. The van der Waals surface area contributed by atoms with E-state index < -0.39 is 0 Å². The number of aryl methyl sites for hydroxylation is 3. The summed E-state index contributed by atoms with van der Waals surface area (Å²) in [6.07, 6.45) is 2.16. The number of benzene rings is 1. The normalized spacial score (nSPS) is 21.4. The second kappa shape index (κ2) is 7.25. The third-order valence-corrected chi connectivity index (χ3v) is 4.67. The molecule has 0 bridgehead atoms. The zero-order valence-corrected chi connectivity index (χ0v) is 14.7. The number of quaternary nitrogens is 2. The molecular weight excluding hydrogens is 274 g/mol. The van der Waals surface area contributed by atoms with Gasteiger partial charge in [-0.2, -0.15) is 0 Å². The molecule has 1 unspecified atom stereocenters. The number of anilines is 1. The molecule has 4 nitrogen and oxygen atoms in total. The molecule has 0 radical (unpaired) electrons. The van der Waals surface area contributed by atoms with Crippen molar-refractivity contribution in [2.75, 3.05) is 39.0 Å². The summed E-state index contributed by atoms with van der Waals surface area (Å²) in [4.78, 5) is 15.6. The Labute approximate surface area is 134 Å². The summed E-state index contributed by atoms with van der Waals surface area (Å²) in [7, 11) is 4.34. The topological polar surface area (TPSA) is 38.0 Å². The molecule has 1 aromatic carbocycles. The van der Waals surface area contributed by atoms with Crippen LogP contribution in [0.1, 0.15) is 29.5 Å². The molecule has 1 heterocycles. The molecule has 0 aliphatic carbocycles. The zero-order chi connectivity index (χ0) is 16.3. The minimum atomic E-state index is 0.111. The number of likely N-dealkylation sites (tertiary alicyclic amines) is 1. The lowest BCUT2D eigenvalue weighted by atomic mass is 10.0. The number of hydrogen-bond donors (Lipinski definition) is 3. The standard InChI is InChI=1S/C18H29N3O/c1-13-11-14(2)17(15(3)12-13)19-18(22)16-7-6-8-21(16)10-9-20(4)5/h11-12,16H,6-10H2,1-5H3,(H,19,22)/p+2/t16-/m1/s1. The number of amides is 1. The van der Waals surface area contributed by atoms with Crippen LogP contribution in [0.2, 0.25) is 0 Å². The summed E-state index contributed by atoms with van der Waals surface area (Å²) < 4.78 is 0. The minimum Gasteiger partial charge on any atom is -0.335 e. The molecule has 3 N–H and O–H groups in total. The number of rotatable bonds is 5. The fraction of sp³-hybridized carbons (Fsp3) is 0.611. The minimum absolute atomic E-state index is 0.111. The smallest absolute Gasteiger partial charge is 0.282 e. The number of carbonyl (C=O) groups excluding carboxylic acids is 1. The molecule has 122 valence electrons. The van der Waals surface area contributed by atoms with Crippen LogP contribution in [0.3, 0.4) is 0 Å². The van der Waals surface area contributed by atoms with Gasteiger partial charge in [-0.3, -0.25) is 4.79 Å². The summed E-state index contributed by atoms with van der Waals surface area (Å²) in [5, 5.41) is 3.20. The van der Waals surface area contributed by atoms with Crippen LogP contribution in [0.15, 0.2) is 12.1 Å². The van der Waals surface area contributed by atoms with Crippen LogP contribution < -0.4 is 15.1 Å². The molecule has 4 heteroatoms. The van der Waals surface area contributed by atoms with Crippen molar-refractivity contribution < 1.29 is 14.6 Å². The van der Waals surface area contributed by atoms with Crippen LogP contribution in [0, 0.1) is 20.8 Å². The SMILES string of the molecule is Cc1cc(C)c(NC(=O)[C@H]2CCC[NH+]2CC[NH+](C)C)c(C)c1. The predicted octanol–water partition coefficient (Wildman–Crippen LogP) is -0.258. The fourth-order valence-corrected chi connectivity index (χ4v) is 3.53. The molecule has 0 saturated carbocycles. The molecule has 22 heavy (non-hydrogen) atoms. The van der Waals surface area contributed by atoms with Crippen LogP contribution in [0.25, 0.3) is 0 Å². The average Bonchev–Trinajstić information content (AvgIpc) is 2.88. The van der Waals surface area contributed by atoms with E-state index in [9.17, 15) is 4.79 Å². The summed E-state index contributed by atoms with van der Waals surface area (Å²) in [5.41, 5.74) is 4.56. The van der Waals surface area contributed by atoms with Gasteiger partial charge in [-0.25, -0.2) is 0 Å². The predicted molar refractivity (Wildman–Crippen MR) is 90.7 cm³/mol. The molecule has 0 spiro atoms. The number of carbonyl (C=O) groups is 1. The molecule has 1 fully saturated rings. The van der Waals surface area contributed by atoms with Gasteiger partial charge < -0.3 is 15.1 Å². The summed E-state index contributed by atoms with van der Waals surface area (Å²) in [6, 6.07) is 4.38. The van der Waals surface area contributed by atoms with Gasteiger partial charge in [0.05, 0.1) is 20.6 Å². The molecule has 2 rings (SSSR count). The first-order valence-electron chi connectivity index (χ1n) is 8.41. The van der Waals surface area contributed by atoms with Crippen molar-refractivity contribution >= 4 is 11.6 Å². The second-order valence-corrected chi connectivity index (χ2v) is 7.07. The largest absolute Gasteiger partial charge is 0.335 e. The van der Waals surface area contributed by atoms with E-state index in [2.05, 4.69) is 52.3 Å². The van der Waals surface area contributed by atoms with E-state index in [-0.39, 0.29) is 11.9 Å². The van der Waals surface area contributed by atoms with Crippen LogP contribution in [0.4, 0.5) is 5.69 Å². The van der Waals surface area contributed by atoms with Crippen molar-refractivity contribution in [1.82, 2.24) is 0 Å². The van der Waals surface area contributed by atoms with E-state index in [4.69, 9.17) is 0 Å². The molecule has 1 aliphatic heterocycles. The Balaban J connectivity index is 2.05. The Morgan fingerprint density at radius 1 is 1.27 bits per heavy atom. The van der Waals surface area contributed by atoms with Crippen LogP contribution >= 0.6 is 0 Å². The fourth-order valence-electron chi connectivity index (χ4n) is 3.53. The summed E-state index contributed by atoms with van der Waals surface area (Å²) in [6.45, 7) is 9.55. The number of likely N-dealkylation sites (N-methyl/N-ethyl adjacent to an activating group) is 1. The van der Waals surface area contributed by atoms with Crippen molar-refractivity contribution in [3.8, 4) is 0 Å². The maximum Gasteiger partial charge on any atom is 0.282 e. The first-order valence-corrected chi connectivity index (χ1v) is 8.41. The third kappa shape index (κ3) is 4.08. The van der Waals surface area contributed by atoms with Crippen LogP contribution in [0.5, 0.6) is 0 Å². The van der Waals surface area contributed by atoms with E-state index in [1.165, 1.54) is 15.4 Å². The van der Waals surface area contributed by atoms with Gasteiger partial charge in [0.2, 0.25) is 0 Å². The van der Waals surface area contributed by atoms with Gasteiger partial charge in [-0.15, -0.1) is 0 Å². The molecule has 1 aliphatic rings. The Kier molecular flexibility index (Phi) is 5.59. The Hall–Kier alpha value is -1.39. The van der Waals surface area contributed by atoms with Gasteiger partial charge in [0.25, 0.3) is 5.91 Å². The Bertz CT molecular complexity index is 516. The number of hydrogen-bond acceptors (Lipinski definition) is 1. The highest BCUT2D eigenvalue weighted by atomic mass is 16.2. The van der Waals surface area contributed by atoms with Crippen molar-refractivity contribution in [2.24, 2.45) is 0 Å². The first kappa shape index (κ1) is 17.0. The zero-order valence-electron chi connectivity index (χ0n) is 14.7. The maximum absolute atomic E-state index is 12.7. The van der Waals surface area contributed by atoms with Gasteiger partial charge in [0.1, 0.15) is 13.1 Å². The van der Waals surface area contributed by atoms with Crippen molar-refractivity contribution in [3.63, 3.8) is 0 Å². The van der Waals surface area contributed by atoms with Crippen LogP contribution in [-0.4, -0.2) is 45.7 Å². The van der Waals surface area contributed by atoms with Crippen molar-refractivity contribution in [2.45, 2.75) is 39.7 Å². The maximum atomic E-state index is 12.7. The summed E-state index contributed by atoms with van der Waals surface area (Å²) in [5.74, 6) is 0.191. The lowest BCUT2D eigenvalue weighted by Gasteiger charge is -2.22. The lowest BCUT2D eigenvalue weighted by molar-refractivity contribution is -0.943. The Morgan fingerprint density at radius 3 is 2.50 bits per heavy atom. The summed E-state index contributed by atoms with van der Waals surface area (Å²) >= 11 is 0. The van der Waals surface area contributed by atoms with Gasteiger partial charge in [0.15, 0.2) is 6.04 Å². The average molecular weight is 305 g/mol. The second-order valence-electron chi connectivity index (χ2n) is 7.07. The van der Waals surface area contributed by atoms with Gasteiger partial charge >= 0.3 is 0 Å². The lowest BCUT2D eigenvalue weighted by Crippen LogP contribution is -3.20. The van der Waals surface area contributed by atoms with E-state index in [1.54, 1.807) is 0 Å². The van der Waals surface area contributed by atoms with E-state index >= 15 is 0 Å². The quantitative estimate of drug-likeness (QED) is 0.689. The molecular formula is C18H31N3O+2. The molecule has 2 atom stereocenters. The van der Waals surface area contributed by atoms with E-state index in [0.29, 0.717) is 0 Å². The highest BCUT2D eigenvalue weighted by molar-refractivity contribution is 5.95. The van der Waals surface area contributed by atoms with Gasteiger partial charge in [0, 0.05) is 18.5 Å². The third-order valence-electron chi connectivity index (χ3n) is 4.67. The first-order chi connectivity index (χ1) is 10.4. The molecule has 0 aromatic heterocycles. The number of nitrogens with one attached hydrogen (secondary N) is 3. The van der Waals surface area contributed by atoms with Crippen molar-refractivity contribution in [3.05, 3.63) is 28.8 Å². The van der Waals surface area contributed by atoms with E-state index in [0.717, 1.165) is 49.3 Å². The van der Waals surface area contributed by atoms with Crippen LogP contribution in [-0.2, 0) is 4.79 Å². The Morgan fingerprint density at radius 2 is 1.91 bits per heavy atom.